The van der Waals surface area contributed by atoms with Gasteiger partial charge in [-0.3, -0.25) is 0 Å². The van der Waals surface area contributed by atoms with Crippen LogP contribution in [0.3, 0.4) is 0 Å². The van der Waals surface area contributed by atoms with Crippen molar-refractivity contribution in [3.63, 3.8) is 0 Å². The van der Waals surface area contributed by atoms with Gasteiger partial charge in [-0.1, -0.05) is 0 Å². The van der Waals surface area contributed by atoms with Gasteiger partial charge in [-0.25, -0.2) is 53.0 Å². The van der Waals surface area contributed by atoms with Gasteiger partial charge >= 0.3 is 61.1 Å². The van der Waals surface area contributed by atoms with Crippen LogP contribution in [0.1, 0.15) is 0 Å². The maximum absolute atomic E-state index is 14.8. The Balaban J connectivity index is 7.65. The van der Waals surface area contributed by atoms with Gasteiger partial charge in [-0.05, 0) is 0 Å². The molecule has 4 nitrogen and oxygen atoms in total. The lowest BCUT2D eigenvalue weighted by Gasteiger charge is -2.46. The molecule has 6 unspecified atom stereocenters. The van der Waals surface area contributed by atoms with E-state index in [1.165, 1.54) is 0 Å². The second-order valence-electron chi connectivity index (χ2n) is 8.69. The Hall–Kier alpha value is -1.71. The van der Waals surface area contributed by atoms with Crippen molar-refractivity contribution in [2.45, 2.75) is 96.9 Å². The molecular weight excluding hydrogens is 781 g/mol. The summed E-state index contributed by atoms with van der Waals surface area (Å²) >= 11 is 0. The number of hydrogen-bond donors (Lipinski definition) is 2. The number of halogens is 26. The summed E-state index contributed by atoms with van der Waals surface area (Å²) in [6.45, 7) is 0. The fourth-order valence-electron chi connectivity index (χ4n) is 2.87. The molecule has 0 radical (unpaired) electrons. The van der Waals surface area contributed by atoms with Crippen LogP contribution >= 0.6 is 7.82 Å². The van der Waals surface area contributed by atoms with Crippen molar-refractivity contribution in [1.29, 1.82) is 0 Å². The summed E-state index contributed by atoms with van der Waals surface area (Å²) in [7, 11) is -8.08. The minimum atomic E-state index is -9.23. The molecule has 0 aromatic rings. The molecule has 47 heavy (non-hydrogen) atoms. The van der Waals surface area contributed by atoms with E-state index in [9.17, 15) is 119 Å². The molecule has 0 rings (SSSR count). The molecule has 0 fully saturated rings. The summed E-state index contributed by atoms with van der Waals surface area (Å²) in [5.41, 5.74) is 0. The molecule has 0 saturated heterocycles. The lowest BCUT2D eigenvalue weighted by Crippen LogP contribution is -2.76. The summed E-state index contributed by atoms with van der Waals surface area (Å²) in [6, 6.07) is 0. The summed E-state index contributed by atoms with van der Waals surface area (Å²) in [4.78, 5) is 16.5. The molecule has 0 amide bonds. The van der Waals surface area contributed by atoms with Crippen LogP contribution in [-0.4, -0.2) is 107 Å². The third kappa shape index (κ3) is 6.88. The van der Waals surface area contributed by atoms with Gasteiger partial charge < -0.3 is 9.79 Å². The molecule has 0 aromatic heterocycles. The smallest absolute Gasteiger partial charge is 0.303 e. The van der Waals surface area contributed by atoms with Crippen LogP contribution in [0.4, 0.5) is 114 Å². The third-order valence-electron chi connectivity index (χ3n) is 5.50. The highest BCUT2D eigenvalue weighted by Crippen LogP contribution is 2.65. The molecular formula is C16H9F26O4P. The number of phosphoric acid groups is 1. The minimum Gasteiger partial charge on any atom is -0.303 e. The Morgan fingerprint density at radius 3 is 0.936 bits per heavy atom. The maximum Gasteiger partial charge on any atom is 0.472 e. The van der Waals surface area contributed by atoms with Crippen molar-refractivity contribution in [1.82, 2.24) is 0 Å². The number of rotatable bonds is 17. The first-order valence-electron chi connectivity index (χ1n) is 10.4. The molecule has 0 aliphatic heterocycles. The first kappa shape index (κ1) is 45.3. The van der Waals surface area contributed by atoms with E-state index in [1.807, 2.05) is 0 Å². The monoisotopic (exact) mass is 790 g/mol. The topological polar surface area (TPSA) is 66.8 Å². The average molecular weight is 790 g/mol. The summed E-state index contributed by atoms with van der Waals surface area (Å²) in [5.74, 6) is -79.1. The molecule has 284 valence electrons. The Bertz CT molecular complexity index is 1120. The van der Waals surface area contributed by atoms with Crippen molar-refractivity contribution in [3.8, 4) is 0 Å². The third-order valence-corrected chi connectivity index (χ3v) is 6.00. The molecule has 0 heterocycles. The van der Waals surface area contributed by atoms with Crippen LogP contribution in [0.5, 0.6) is 0 Å². The van der Waals surface area contributed by atoms with Gasteiger partial charge in [0, 0.05) is 0 Å². The lowest BCUT2D eigenvalue weighted by atomic mass is 9.84. The van der Waals surface area contributed by atoms with Gasteiger partial charge in [0.05, 0.1) is 0 Å². The zero-order chi connectivity index (χ0) is 38.7. The van der Waals surface area contributed by atoms with Crippen LogP contribution < -0.4 is 0 Å². The van der Waals surface area contributed by atoms with Crippen LogP contribution in [0.25, 0.3) is 0 Å². The zero-order valence-corrected chi connectivity index (χ0v) is 21.4. The maximum atomic E-state index is 14.8. The van der Waals surface area contributed by atoms with Gasteiger partial charge in [0.1, 0.15) is 0 Å². The Labute approximate surface area is 239 Å². The predicted octanol–water partition coefficient (Wildman–Crippen LogP) is 8.06. The van der Waals surface area contributed by atoms with E-state index in [4.69, 9.17) is 9.79 Å². The molecule has 2 N–H and O–H groups in total. The average Bonchev–Trinajstić information content (AvgIpc) is 2.88. The molecule has 31 heteroatoms. The van der Waals surface area contributed by atoms with Crippen molar-refractivity contribution < 1.29 is 133 Å². The Kier molecular flexibility index (Phi) is 12.4. The van der Waals surface area contributed by atoms with E-state index in [2.05, 4.69) is 0 Å². The summed E-state index contributed by atoms with van der Waals surface area (Å²) < 4.78 is 364. The normalized spacial score (nSPS) is 20.2. The highest BCUT2D eigenvalue weighted by molar-refractivity contribution is 7.46. The first-order chi connectivity index (χ1) is 20.1. The van der Waals surface area contributed by atoms with Gasteiger partial charge in [-0.2, -0.15) is 70.2 Å². The second-order valence-corrected chi connectivity index (χ2v) is 9.86. The van der Waals surface area contributed by atoms with Crippen LogP contribution in [0.2, 0.25) is 0 Å². The molecule has 6 atom stereocenters. The van der Waals surface area contributed by atoms with Crippen LogP contribution in [0.15, 0.2) is 0 Å². The van der Waals surface area contributed by atoms with Gasteiger partial charge in [0.2, 0.25) is 18.5 Å². The second kappa shape index (κ2) is 12.9. The number of alkyl halides is 26. The van der Waals surface area contributed by atoms with Crippen LogP contribution in [-0.2, 0) is 9.09 Å². The van der Waals surface area contributed by atoms with E-state index in [0.717, 1.165) is 0 Å². The minimum absolute atomic E-state index is 1.64. The Morgan fingerprint density at radius 1 is 0.426 bits per heavy atom. The van der Waals surface area contributed by atoms with Crippen molar-refractivity contribution in [2.24, 2.45) is 0 Å². The fourth-order valence-corrected chi connectivity index (χ4v) is 3.42. The van der Waals surface area contributed by atoms with Gasteiger partial charge in [0.25, 0.3) is 12.9 Å². The lowest BCUT2D eigenvalue weighted by molar-refractivity contribution is -0.443. The van der Waals surface area contributed by atoms with Gasteiger partial charge in [0.15, 0.2) is 12.3 Å². The van der Waals surface area contributed by atoms with Crippen molar-refractivity contribution >= 4 is 7.82 Å². The molecule has 0 saturated carbocycles. The standard InChI is InChI=1S/C16H9F26O4P/c17-1(5(21)22)3(19)8(26,27)12(33,34)14(37,38)10(30,31)7(25)11(32,46-47(43,44)45)15(39,40)16(41,42)13(35,36)9(28,29)4(20)2(18)6(23)24/h1-7H,(H2,43,44,45). The molecule has 0 aliphatic carbocycles. The van der Waals surface area contributed by atoms with Crippen molar-refractivity contribution in [2.75, 3.05) is 0 Å². The predicted molar refractivity (Wildman–Crippen MR) is 93.0 cm³/mol. The van der Waals surface area contributed by atoms with Gasteiger partial charge in [-0.15, -0.1) is 0 Å². The fraction of sp³-hybridized carbons (Fsp3) is 1.00. The van der Waals surface area contributed by atoms with E-state index in [-0.39, 0.29) is 0 Å². The van der Waals surface area contributed by atoms with E-state index in [0.29, 0.717) is 0 Å². The van der Waals surface area contributed by atoms with Crippen LogP contribution in [0, 0.1) is 0 Å². The largest absolute Gasteiger partial charge is 0.472 e. The molecule has 0 bridgehead atoms. The first-order valence-corrected chi connectivity index (χ1v) is 11.9. The van der Waals surface area contributed by atoms with E-state index < -0.39 is 105 Å². The SMILES string of the molecule is O=P(O)(O)OC(F)(C(F)C(F)(F)C(F)(F)C(F)(F)C(F)(F)C(F)C(F)C(F)F)C(F)(F)C(F)(F)C(F)(F)C(F)(F)C(F)C(F)C(F)F. The summed E-state index contributed by atoms with van der Waals surface area (Å²) in [5, 5.41) is 0. The molecule has 0 spiro atoms. The van der Waals surface area contributed by atoms with E-state index >= 15 is 0 Å². The van der Waals surface area contributed by atoms with Crippen molar-refractivity contribution in [3.05, 3.63) is 0 Å². The number of hydrogen-bond acceptors (Lipinski definition) is 2. The number of phosphoric ester groups is 1. The Morgan fingerprint density at radius 2 is 0.681 bits per heavy atom. The highest BCUT2D eigenvalue weighted by Gasteiger charge is 2.93. The molecule has 0 aromatic carbocycles. The molecule has 0 aliphatic rings. The highest BCUT2D eigenvalue weighted by atomic mass is 31.2. The quantitative estimate of drug-likeness (QED) is 0.116. The summed E-state index contributed by atoms with van der Waals surface area (Å²) in [6.07, 6.45) is -41.4. The zero-order valence-electron chi connectivity index (χ0n) is 20.5. The van der Waals surface area contributed by atoms with E-state index in [1.54, 1.807) is 4.52 Å².